The van der Waals surface area contributed by atoms with Crippen LogP contribution in [0.25, 0.3) is 95.9 Å². The van der Waals surface area contributed by atoms with Crippen LogP contribution < -0.4 is 0 Å². The van der Waals surface area contributed by atoms with E-state index >= 15 is 0 Å². The monoisotopic (exact) mass is 560 g/mol. The SMILES string of the molecule is c1cc(-c2ccc3c4ccccc4c4ccccc4c3c2)c2sc3c(ccc4c5ccccc5c5ccccc5c43)c2c1. The molecule has 9 aromatic carbocycles. The Morgan fingerprint density at radius 3 is 1.28 bits per heavy atom. The van der Waals surface area contributed by atoms with Gasteiger partial charge in [-0.1, -0.05) is 140 Å². The third kappa shape index (κ3) is 3.15. The Kier molecular flexibility index (Phi) is 4.69. The summed E-state index contributed by atoms with van der Waals surface area (Å²) in [6.07, 6.45) is 0. The zero-order chi connectivity index (χ0) is 28.1. The molecule has 0 aliphatic carbocycles. The Morgan fingerprint density at radius 1 is 0.279 bits per heavy atom. The highest BCUT2D eigenvalue weighted by Gasteiger charge is 2.17. The van der Waals surface area contributed by atoms with Crippen LogP contribution in [0.5, 0.6) is 0 Å². The first-order valence-electron chi connectivity index (χ1n) is 14.9. The second-order valence-corrected chi connectivity index (χ2v) is 12.6. The molecule has 1 heterocycles. The first-order chi connectivity index (χ1) is 21.3. The van der Waals surface area contributed by atoms with Gasteiger partial charge in [0.1, 0.15) is 0 Å². The van der Waals surface area contributed by atoms with Gasteiger partial charge < -0.3 is 0 Å². The lowest BCUT2D eigenvalue weighted by Gasteiger charge is -2.12. The standard InChI is InChI=1S/C42H24S/c1-2-12-29-27(10-1)28-11-4-6-16-33(28)39-24-25(20-21-34(29)39)26-18-9-19-37-38-23-22-36-32-15-5-3-13-30(32)31-14-7-8-17-35(31)40(36)42(38)43-41(26)37/h1-24H. The predicted molar refractivity (Wildman–Crippen MR) is 190 cm³/mol. The van der Waals surface area contributed by atoms with E-state index in [0.717, 1.165) is 0 Å². The van der Waals surface area contributed by atoms with Gasteiger partial charge in [-0.25, -0.2) is 0 Å². The third-order valence-electron chi connectivity index (χ3n) is 9.43. The number of hydrogen-bond donors (Lipinski definition) is 0. The topological polar surface area (TPSA) is 0 Å². The molecule has 0 N–H and O–H groups in total. The van der Waals surface area contributed by atoms with Crippen LogP contribution in [0.2, 0.25) is 0 Å². The Balaban J connectivity index is 1.31. The number of thiophene rings is 1. The van der Waals surface area contributed by atoms with Gasteiger partial charge in [0.25, 0.3) is 0 Å². The van der Waals surface area contributed by atoms with Crippen LogP contribution >= 0.6 is 11.3 Å². The van der Waals surface area contributed by atoms with Crippen LogP contribution in [0, 0.1) is 0 Å². The number of benzene rings is 9. The van der Waals surface area contributed by atoms with Gasteiger partial charge in [-0.2, -0.15) is 0 Å². The summed E-state index contributed by atoms with van der Waals surface area (Å²) in [6, 6.07) is 54.0. The minimum absolute atomic E-state index is 1.27. The van der Waals surface area contributed by atoms with Gasteiger partial charge in [0.05, 0.1) is 0 Å². The maximum Gasteiger partial charge on any atom is 0.0440 e. The highest BCUT2D eigenvalue weighted by atomic mass is 32.1. The van der Waals surface area contributed by atoms with E-state index in [1.54, 1.807) is 0 Å². The fraction of sp³-hybridized carbons (Fsp3) is 0. The summed E-state index contributed by atoms with van der Waals surface area (Å²) in [4.78, 5) is 0. The quantitative estimate of drug-likeness (QED) is 0.175. The Labute approximate surface area is 252 Å². The van der Waals surface area contributed by atoms with Crippen molar-refractivity contribution < 1.29 is 0 Å². The molecule has 1 aromatic heterocycles. The van der Waals surface area contributed by atoms with E-state index in [9.17, 15) is 0 Å². The van der Waals surface area contributed by atoms with E-state index in [4.69, 9.17) is 0 Å². The van der Waals surface area contributed by atoms with Gasteiger partial charge in [-0.3, -0.25) is 0 Å². The molecule has 0 unspecified atom stereocenters. The molecule has 0 saturated heterocycles. The molecule has 0 aliphatic heterocycles. The van der Waals surface area contributed by atoms with Crippen LogP contribution in [0.4, 0.5) is 0 Å². The third-order valence-corrected chi connectivity index (χ3v) is 10.7. The molecule has 43 heavy (non-hydrogen) atoms. The summed E-state index contributed by atoms with van der Waals surface area (Å²) >= 11 is 1.95. The fourth-order valence-electron chi connectivity index (χ4n) is 7.55. The molecule has 0 spiro atoms. The van der Waals surface area contributed by atoms with E-state index in [1.807, 2.05) is 11.3 Å². The first-order valence-corrected chi connectivity index (χ1v) is 15.7. The molecule has 198 valence electrons. The van der Waals surface area contributed by atoms with E-state index in [0.29, 0.717) is 0 Å². The Bertz CT molecular complexity index is 2710. The van der Waals surface area contributed by atoms with E-state index in [2.05, 4.69) is 146 Å². The first kappa shape index (κ1) is 23.3. The van der Waals surface area contributed by atoms with Crippen LogP contribution in [0.15, 0.2) is 146 Å². The van der Waals surface area contributed by atoms with Crippen molar-refractivity contribution >= 4 is 96.1 Å². The molecule has 0 amide bonds. The maximum atomic E-state index is 2.42. The number of hydrogen-bond acceptors (Lipinski definition) is 1. The van der Waals surface area contributed by atoms with Crippen LogP contribution in [-0.2, 0) is 0 Å². The molecular weight excluding hydrogens is 537 g/mol. The van der Waals surface area contributed by atoms with Crippen molar-refractivity contribution in [2.24, 2.45) is 0 Å². The van der Waals surface area contributed by atoms with Crippen LogP contribution in [0.3, 0.4) is 0 Å². The van der Waals surface area contributed by atoms with Crippen molar-refractivity contribution in [1.82, 2.24) is 0 Å². The molecular formula is C42H24S. The molecule has 0 bridgehead atoms. The van der Waals surface area contributed by atoms with Crippen molar-refractivity contribution in [3.8, 4) is 11.1 Å². The van der Waals surface area contributed by atoms with E-state index < -0.39 is 0 Å². The molecule has 0 atom stereocenters. The molecule has 10 rings (SSSR count). The zero-order valence-corrected chi connectivity index (χ0v) is 24.1. The van der Waals surface area contributed by atoms with Crippen LogP contribution in [-0.4, -0.2) is 0 Å². The van der Waals surface area contributed by atoms with Crippen molar-refractivity contribution in [3.05, 3.63) is 146 Å². The average molecular weight is 561 g/mol. The maximum absolute atomic E-state index is 2.42. The van der Waals surface area contributed by atoms with Gasteiger partial charge in [-0.05, 0) is 76.4 Å². The summed E-state index contributed by atoms with van der Waals surface area (Å²) in [5, 5.41) is 18.6. The lowest BCUT2D eigenvalue weighted by atomic mass is 9.91. The lowest BCUT2D eigenvalue weighted by molar-refractivity contribution is 1.73. The Hall–Kier alpha value is -5.24. The minimum Gasteiger partial charge on any atom is -0.134 e. The molecule has 0 aliphatic rings. The molecule has 0 saturated carbocycles. The highest BCUT2D eigenvalue weighted by Crippen LogP contribution is 2.47. The normalized spacial score (nSPS) is 12.2. The van der Waals surface area contributed by atoms with Crippen LogP contribution in [0.1, 0.15) is 0 Å². The van der Waals surface area contributed by atoms with Gasteiger partial charge in [0, 0.05) is 25.6 Å². The smallest absolute Gasteiger partial charge is 0.0440 e. The second kappa shape index (κ2) is 8.64. The molecule has 0 nitrogen and oxygen atoms in total. The second-order valence-electron chi connectivity index (χ2n) is 11.6. The number of rotatable bonds is 1. The summed E-state index contributed by atoms with van der Waals surface area (Å²) in [7, 11) is 0. The molecule has 1 heteroatoms. The van der Waals surface area contributed by atoms with Crippen molar-refractivity contribution in [2.75, 3.05) is 0 Å². The van der Waals surface area contributed by atoms with Crippen molar-refractivity contribution in [2.45, 2.75) is 0 Å². The predicted octanol–water partition coefficient (Wildman–Crippen LogP) is 12.6. The molecule has 0 fully saturated rings. The summed E-state index contributed by atoms with van der Waals surface area (Å²) in [5.41, 5.74) is 2.57. The fourth-order valence-corrected chi connectivity index (χ4v) is 8.94. The molecule has 0 radical (unpaired) electrons. The van der Waals surface area contributed by atoms with Gasteiger partial charge >= 0.3 is 0 Å². The van der Waals surface area contributed by atoms with Gasteiger partial charge in [-0.15, -0.1) is 11.3 Å². The van der Waals surface area contributed by atoms with Crippen molar-refractivity contribution in [1.29, 1.82) is 0 Å². The van der Waals surface area contributed by atoms with Gasteiger partial charge in [0.15, 0.2) is 0 Å². The van der Waals surface area contributed by atoms with Crippen molar-refractivity contribution in [3.63, 3.8) is 0 Å². The minimum atomic E-state index is 1.27. The largest absolute Gasteiger partial charge is 0.134 e. The lowest BCUT2D eigenvalue weighted by Crippen LogP contribution is -1.85. The summed E-state index contributed by atoms with van der Waals surface area (Å²) in [5.74, 6) is 0. The molecule has 10 aromatic rings. The van der Waals surface area contributed by atoms with E-state index in [1.165, 1.54) is 95.9 Å². The number of fused-ring (bicyclic) bond motifs is 16. The highest BCUT2D eigenvalue weighted by molar-refractivity contribution is 7.27. The summed E-state index contributed by atoms with van der Waals surface area (Å²) in [6.45, 7) is 0. The van der Waals surface area contributed by atoms with Gasteiger partial charge in [0.2, 0.25) is 0 Å². The zero-order valence-electron chi connectivity index (χ0n) is 23.3. The van der Waals surface area contributed by atoms with E-state index in [-0.39, 0.29) is 0 Å². The average Bonchev–Trinajstić information content (AvgIpc) is 3.47. The Morgan fingerprint density at radius 2 is 0.674 bits per heavy atom. The summed E-state index contributed by atoms with van der Waals surface area (Å²) < 4.78 is 2.73.